The normalized spacial score (nSPS) is 17.1. The smallest absolute Gasteiger partial charge is 0.336 e. The third kappa shape index (κ3) is 2.73. The highest BCUT2D eigenvalue weighted by Gasteiger charge is 2.40. The Bertz CT molecular complexity index is 1090. The minimum Gasteiger partial charge on any atom is -0.423 e. The third-order valence-corrected chi connectivity index (χ3v) is 4.20. The fourth-order valence-electron chi connectivity index (χ4n) is 2.99. The number of rotatable bonds is 3. The molecule has 0 bridgehead atoms. The van der Waals surface area contributed by atoms with E-state index in [4.69, 9.17) is 4.42 Å². The van der Waals surface area contributed by atoms with Gasteiger partial charge >= 0.3 is 5.63 Å². The van der Waals surface area contributed by atoms with Crippen LogP contribution in [0.25, 0.3) is 11.0 Å². The summed E-state index contributed by atoms with van der Waals surface area (Å²) in [6.45, 7) is 0. The van der Waals surface area contributed by atoms with Gasteiger partial charge < -0.3 is 9.73 Å². The van der Waals surface area contributed by atoms with Crippen molar-refractivity contribution < 1.29 is 18.4 Å². The lowest BCUT2D eigenvalue weighted by atomic mass is 10.2. The second-order valence-electron chi connectivity index (χ2n) is 5.93. The molecule has 0 saturated carbocycles. The van der Waals surface area contributed by atoms with Crippen LogP contribution in [-0.2, 0) is 9.59 Å². The van der Waals surface area contributed by atoms with E-state index in [0.29, 0.717) is 16.7 Å². The van der Waals surface area contributed by atoms with E-state index in [0.717, 1.165) is 4.90 Å². The van der Waals surface area contributed by atoms with Crippen LogP contribution in [0.3, 0.4) is 0 Å². The number of para-hydroxylation sites is 1. The van der Waals surface area contributed by atoms with Gasteiger partial charge in [0.25, 0.3) is 5.91 Å². The van der Waals surface area contributed by atoms with Gasteiger partial charge in [-0.15, -0.1) is 0 Å². The van der Waals surface area contributed by atoms with Crippen LogP contribution in [0.1, 0.15) is 6.42 Å². The molecule has 1 aromatic heterocycles. The maximum Gasteiger partial charge on any atom is 0.336 e. The summed E-state index contributed by atoms with van der Waals surface area (Å²) >= 11 is 0. The summed E-state index contributed by atoms with van der Waals surface area (Å²) in [6.07, 6.45) is -0.0743. The van der Waals surface area contributed by atoms with Crippen LogP contribution in [-0.4, -0.2) is 17.9 Å². The number of imide groups is 1. The molecule has 3 aromatic rings. The van der Waals surface area contributed by atoms with Gasteiger partial charge in [0.2, 0.25) is 5.91 Å². The predicted molar refractivity (Wildman–Crippen MR) is 93.4 cm³/mol. The van der Waals surface area contributed by atoms with Crippen LogP contribution < -0.4 is 15.8 Å². The predicted octanol–water partition coefficient (Wildman–Crippen LogP) is 2.68. The average Bonchev–Trinajstić information content (AvgIpc) is 2.89. The van der Waals surface area contributed by atoms with Gasteiger partial charge in [-0.1, -0.05) is 12.1 Å². The zero-order chi connectivity index (χ0) is 18.3. The van der Waals surface area contributed by atoms with Crippen molar-refractivity contribution in [3.63, 3.8) is 0 Å². The van der Waals surface area contributed by atoms with Gasteiger partial charge in [0.05, 0.1) is 12.1 Å². The summed E-state index contributed by atoms with van der Waals surface area (Å²) in [5, 5.41) is 3.67. The number of hydrogen-bond acceptors (Lipinski definition) is 5. The summed E-state index contributed by atoms with van der Waals surface area (Å²) < 4.78 is 19.0. The maximum absolute atomic E-state index is 13.9. The number of anilines is 2. The number of fused-ring (bicyclic) bond motifs is 1. The van der Waals surface area contributed by atoms with E-state index < -0.39 is 29.3 Å². The fourth-order valence-corrected chi connectivity index (χ4v) is 2.99. The van der Waals surface area contributed by atoms with Crippen LogP contribution in [0.15, 0.2) is 63.8 Å². The van der Waals surface area contributed by atoms with E-state index in [1.54, 1.807) is 30.3 Å². The monoisotopic (exact) mass is 352 g/mol. The van der Waals surface area contributed by atoms with E-state index in [1.807, 2.05) is 0 Å². The molecular formula is C19H13FN2O4. The molecule has 2 heterocycles. The second kappa shape index (κ2) is 6.11. The Morgan fingerprint density at radius 1 is 1.04 bits per heavy atom. The second-order valence-corrected chi connectivity index (χ2v) is 5.93. The van der Waals surface area contributed by atoms with Crippen molar-refractivity contribution in [2.24, 2.45) is 0 Å². The molecule has 6 nitrogen and oxygen atoms in total. The lowest BCUT2D eigenvalue weighted by molar-refractivity contribution is -0.121. The lowest BCUT2D eigenvalue weighted by Gasteiger charge is -2.16. The van der Waals surface area contributed by atoms with Gasteiger partial charge in [-0.05, 0) is 36.4 Å². The Morgan fingerprint density at radius 3 is 2.65 bits per heavy atom. The van der Waals surface area contributed by atoms with Crippen molar-refractivity contribution in [1.29, 1.82) is 0 Å². The summed E-state index contributed by atoms with van der Waals surface area (Å²) in [6, 6.07) is 12.7. The minimum absolute atomic E-state index is 0.0490. The first-order valence-electron chi connectivity index (χ1n) is 7.95. The molecule has 26 heavy (non-hydrogen) atoms. The Hall–Kier alpha value is -3.48. The van der Waals surface area contributed by atoms with Crippen molar-refractivity contribution in [3.05, 3.63) is 70.8 Å². The summed E-state index contributed by atoms with van der Waals surface area (Å²) in [4.78, 5) is 36.9. The lowest BCUT2D eigenvalue weighted by Crippen LogP contribution is -2.35. The molecule has 0 aliphatic carbocycles. The van der Waals surface area contributed by atoms with Gasteiger partial charge in [-0.25, -0.2) is 14.1 Å². The van der Waals surface area contributed by atoms with Crippen LogP contribution in [0.4, 0.5) is 15.8 Å². The van der Waals surface area contributed by atoms with Crippen LogP contribution in [0.2, 0.25) is 0 Å². The molecule has 1 N–H and O–H groups in total. The van der Waals surface area contributed by atoms with Crippen molar-refractivity contribution >= 4 is 34.2 Å². The number of hydrogen-bond donors (Lipinski definition) is 1. The van der Waals surface area contributed by atoms with Gasteiger partial charge in [0.1, 0.15) is 17.4 Å². The molecule has 1 atom stereocenters. The van der Waals surface area contributed by atoms with E-state index in [-0.39, 0.29) is 12.1 Å². The Balaban J connectivity index is 1.60. The number of nitrogens with zero attached hydrogens (tertiary/aromatic N) is 1. The molecule has 4 rings (SSSR count). The molecule has 1 aliphatic rings. The average molecular weight is 352 g/mol. The van der Waals surface area contributed by atoms with Gasteiger partial charge in [-0.2, -0.15) is 0 Å². The molecule has 1 fully saturated rings. The van der Waals surface area contributed by atoms with Crippen LogP contribution in [0.5, 0.6) is 0 Å². The quantitative estimate of drug-likeness (QED) is 0.579. The zero-order valence-corrected chi connectivity index (χ0v) is 13.4. The van der Waals surface area contributed by atoms with Crippen molar-refractivity contribution in [2.75, 3.05) is 10.2 Å². The van der Waals surface area contributed by atoms with E-state index in [1.165, 1.54) is 24.3 Å². The van der Waals surface area contributed by atoms with E-state index >= 15 is 0 Å². The van der Waals surface area contributed by atoms with Crippen molar-refractivity contribution in [1.82, 2.24) is 0 Å². The van der Waals surface area contributed by atoms with Crippen LogP contribution in [0, 0.1) is 5.82 Å². The van der Waals surface area contributed by atoms with Gasteiger partial charge in [-0.3, -0.25) is 9.59 Å². The standard InChI is InChI=1S/C19H13FN2O4/c20-13-3-1-2-4-15(13)22-17(23)10-14(19(22)25)21-12-6-7-16-11(9-12)5-8-18(24)26-16/h1-9,14,21H,10H2. The number of carbonyl (C=O) groups is 2. The first-order chi connectivity index (χ1) is 12.5. The highest BCUT2D eigenvalue weighted by atomic mass is 19.1. The molecule has 7 heteroatoms. The number of carbonyl (C=O) groups excluding carboxylic acids is 2. The molecule has 0 radical (unpaired) electrons. The largest absolute Gasteiger partial charge is 0.423 e. The maximum atomic E-state index is 13.9. The SMILES string of the molecule is O=C1CC(Nc2ccc3oc(=O)ccc3c2)C(=O)N1c1ccccc1F. The Morgan fingerprint density at radius 2 is 1.85 bits per heavy atom. The highest BCUT2D eigenvalue weighted by Crippen LogP contribution is 2.27. The molecule has 130 valence electrons. The van der Waals surface area contributed by atoms with Gasteiger partial charge in [0.15, 0.2) is 0 Å². The number of benzene rings is 2. The number of nitrogens with one attached hydrogen (secondary N) is 1. The summed E-state index contributed by atoms with van der Waals surface area (Å²) in [7, 11) is 0. The fraction of sp³-hybridized carbons (Fsp3) is 0.105. The van der Waals surface area contributed by atoms with Crippen LogP contribution >= 0.6 is 0 Å². The van der Waals surface area contributed by atoms with Crippen molar-refractivity contribution in [3.8, 4) is 0 Å². The zero-order valence-electron chi connectivity index (χ0n) is 13.4. The molecule has 1 saturated heterocycles. The molecular weight excluding hydrogens is 339 g/mol. The first kappa shape index (κ1) is 16.0. The van der Waals surface area contributed by atoms with Crippen molar-refractivity contribution in [2.45, 2.75) is 12.5 Å². The highest BCUT2D eigenvalue weighted by molar-refractivity contribution is 6.23. The number of amides is 2. The number of halogens is 1. The first-order valence-corrected chi connectivity index (χ1v) is 7.95. The topological polar surface area (TPSA) is 79.6 Å². The van der Waals surface area contributed by atoms with Gasteiger partial charge in [0, 0.05) is 17.1 Å². The molecule has 0 spiro atoms. The molecule has 1 unspecified atom stereocenters. The third-order valence-electron chi connectivity index (χ3n) is 4.20. The van der Waals surface area contributed by atoms with E-state index in [9.17, 15) is 18.8 Å². The van der Waals surface area contributed by atoms with E-state index in [2.05, 4.69) is 5.32 Å². The Kier molecular flexibility index (Phi) is 3.76. The minimum atomic E-state index is -0.796. The Labute approximate surface area is 146 Å². The summed E-state index contributed by atoms with van der Waals surface area (Å²) in [5.41, 5.74) is 0.514. The molecule has 2 aromatic carbocycles. The molecule has 1 aliphatic heterocycles. The molecule has 2 amide bonds. The summed E-state index contributed by atoms with van der Waals surface area (Å²) in [5.74, 6) is -1.61.